The van der Waals surface area contributed by atoms with E-state index in [0.29, 0.717) is 5.56 Å². The fourth-order valence-electron chi connectivity index (χ4n) is 1.62. The van der Waals surface area contributed by atoms with Crippen LogP contribution >= 0.6 is 0 Å². The van der Waals surface area contributed by atoms with Gasteiger partial charge in [-0.3, -0.25) is 15.0 Å². The summed E-state index contributed by atoms with van der Waals surface area (Å²) >= 11 is 0. The molecule has 0 aliphatic rings. The molecule has 6 heteroatoms. The van der Waals surface area contributed by atoms with E-state index in [1.165, 1.54) is 7.11 Å². The average molecular weight is 238 g/mol. The molecule has 4 N–H and O–H groups in total. The SMILES string of the molecule is COCC(C(=O)O)(C(=O)NN)c1ccccc1. The van der Waals surface area contributed by atoms with Gasteiger partial charge < -0.3 is 9.84 Å². The van der Waals surface area contributed by atoms with Crippen molar-refractivity contribution >= 4 is 11.9 Å². The zero-order valence-corrected chi connectivity index (χ0v) is 9.34. The number of aliphatic carboxylic acids is 1. The van der Waals surface area contributed by atoms with E-state index in [1.54, 1.807) is 30.3 Å². The first kappa shape index (κ1) is 13.1. The first-order valence-electron chi connectivity index (χ1n) is 4.88. The van der Waals surface area contributed by atoms with Crippen LogP contribution in [0, 0.1) is 0 Å². The van der Waals surface area contributed by atoms with E-state index in [9.17, 15) is 14.7 Å². The smallest absolute Gasteiger partial charge is 0.326 e. The van der Waals surface area contributed by atoms with Gasteiger partial charge in [-0.15, -0.1) is 0 Å². The summed E-state index contributed by atoms with van der Waals surface area (Å²) in [7, 11) is 1.32. The van der Waals surface area contributed by atoms with Crippen molar-refractivity contribution in [3.63, 3.8) is 0 Å². The lowest BCUT2D eigenvalue weighted by molar-refractivity contribution is -0.152. The highest BCUT2D eigenvalue weighted by Gasteiger charge is 2.48. The number of benzene rings is 1. The first-order valence-corrected chi connectivity index (χ1v) is 4.88. The normalized spacial score (nSPS) is 13.8. The van der Waals surface area contributed by atoms with Crippen molar-refractivity contribution in [1.82, 2.24) is 5.43 Å². The van der Waals surface area contributed by atoms with Gasteiger partial charge in [0, 0.05) is 7.11 Å². The van der Waals surface area contributed by atoms with Crippen molar-refractivity contribution in [3.8, 4) is 0 Å². The van der Waals surface area contributed by atoms with Gasteiger partial charge >= 0.3 is 5.97 Å². The predicted octanol–water partition coefficient (Wildman–Crippen LogP) is -0.355. The highest BCUT2D eigenvalue weighted by atomic mass is 16.5. The van der Waals surface area contributed by atoms with Gasteiger partial charge in [0.05, 0.1) is 6.61 Å². The molecule has 0 aliphatic heterocycles. The second-order valence-corrected chi connectivity index (χ2v) is 3.48. The Morgan fingerprint density at radius 3 is 2.41 bits per heavy atom. The number of methoxy groups -OCH3 is 1. The van der Waals surface area contributed by atoms with Crippen LogP contribution in [0.25, 0.3) is 0 Å². The number of amides is 1. The van der Waals surface area contributed by atoms with E-state index in [4.69, 9.17) is 10.6 Å². The Labute approximate surface area is 98.3 Å². The predicted molar refractivity (Wildman–Crippen MR) is 60.0 cm³/mol. The maximum Gasteiger partial charge on any atom is 0.326 e. The summed E-state index contributed by atoms with van der Waals surface area (Å²) in [5, 5.41) is 9.31. The molecule has 6 nitrogen and oxygen atoms in total. The number of rotatable bonds is 5. The van der Waals surface area contributed by atoms with E-state index in [2.05, 4.69) is 0 Å². The fraction of sp³-hybridized carbons (Fsp3) is 0.273. The number of carbonyl (C=O) groups excluding carboxylic acids is 1. The number of hydrogen-bond donors (Lipinski definition) is 3. The van der Waals surface area contributed by atoms with Gasteiger partial charge in [-0.1, -0.05) is 30.3 Å². The number of nitrogens with one attached hydrogen (secondary N) is 1. The molecule has 1 rings (SSSR count). The number of carboxylic acid groups (broad SMARTS) is 1. The standard InChI is InChI=1S/C11H14N2O4/c1-17-7-11(10(15)16,9(14)13-12)8-5-3-2-4-6-8/h2-6H,7,12H2,1H3,(H,13,14)(H,15,16). The van der Waals surface area contributed by atoms with Gasteiger partial charge in [-0.2, -0.15) is 0 Å². The van der Waals surface area contributed by atoms with Gasteiger partial charge in [-0.05, 0) is 5.56 Å². The van der Waals surface area contributed by atoms with Gasteiger partial charge in [0.1, 0.15) is 0 Å². The Morgan fingerprint density at radius 1 is 1.41 bits per heavy atom. The molecule has 1 amide bonds. The topological polar surface area (TPSA) is 102 Å². The van der Waals surface area contributed by atoms with E-state index in [0.717, 1.165) is 0 Å². The van der Waals surface area contributed by atoms with Gasteiger partial charge in [-0.25, -0.2) is 5.84 Å². The molecule has 1 aromatic carbocycles. The van der Waals surface area contributed by atoms with Crippen LogP contribution in [-0.4, -0.2) is 30.7 Å². The molecule has 17 heavy (non-hydrogen) atoms. The zero-order valence-electron chi connectivity index (χ0n) is 9.34. The molecule has 0 spiro atoms. The Bertz CT molecular complexity index is 407. The maximum absolute atomic E-state index is 11.8. The minimum atomic E-state index is -1.83. The van der Waals surface area contributed by atoms with Crippen LogP contribution < -0.4 is 11.3 Å². The van der Waals surface area contributed by atoms with Gasteiger partial charge in [0.15, 0.2) is 5.41 Å². The van der Waals surface area contributed by atoms with Crippen LogP contribution in [0.5, 0.6) is 0 Å². The Balaban J connectivity index is 3.35. The third kappa shape index (κ3) is 2.27. The Hall–Kier alpha value is -1.92. The second-order valence-electron chi connectivity index (χ2n) is 3.48. The molecular weight excluding hydrogens is 224 g/mol. The maximum atomic E-state index is 11.8. The van der Waals surface area contributed by atoms with Crippen molar-refractivity contribution in [1.29, 1.82) is 0 Å². The zero-order chi connectivity index (χ0) is 12.9. The quantitative estimate of drug-likeness (QED) is 0.281. The summed E-state index contributed by atoms with van der Waals surface area (Å²) in [4.78, 5) is 23.2. The monoisotopic (exact) mass is 238 g/mol. The third-order valence-corrected chi connectivity index (χ3v) is 2.51. The third-order valence-electron chi connectivity index (χ3n) is 2.51. The largest absolute Gasteiger partial charge is 0.480 e. The lowest BCUT2D eigenvalue weighted by atomic mass is 9.80. The van der Waals surface area contributed by atoms with E-state index in [-0.39, 0.29) is 6.61 Å². The highest BCUT2D eigenvalue weighted by molar-refractivity contribution is 6.08. The summed E-state index contributed by atoms with van der Waals surface area (Å²) < 4.78 is 4.85. The lowest BCUT2D eigenvalue weighted by Crippen LogP contribution is -2.55. The van der Waals surface area contributed by atoms with E-state index >= 15 is 0 Å². The molecule has 1 atom stereocenters. The van der Waals surface area contributed by atoms with E-state index < -0.39 is 17.3 Å². The number of hydrogen-bond acceptors (Lipinski definition) is 4. The summed E-state index contributed by atoms with van der Waals surface area (Å²) in [6.07, 6.45) is 0. The van der Waals surface area contributed by atoms with Crippen molar-refractivity contribution < 1.29 is 19.4 Å². The van der Waals surface area contributed by atoms with Crippen LogP contribution in [-0.2, 0) is 19.7 Å². The molecule has 1 unspecified atom stereocenters. The Kier molecular flexibility index (Phi) is 4.19. The van der Waals surface area contributed by atoms with Crippen LogP contribution in [0.4, 0.5) is 0 Å². The van der Waals surface area contributed by atoms with Crippen molar-refractivity contribution in [3.05, 3.63) is 35.9 Å². The number of ether oxygens (including phenoxy) is 1. The second kappa shape index (κ2) is 5.42. The van der Waals surface area contributed by atoms with Gasteiger partial charge in [0.25, 0.3) is 5.91 Å². The molecule has 0 aliphatic carbocycles. The molecule has 0 heterocycles. The molecule has 0 fully saturated rings. The molecule has 92 valence electrons. The number of nitrogens with two attached hydrogens (primary N) is 1. The molecule has 1 aromatic rings. The van der Waals surface area contributed by atoms with Crippen LogP contribution in [0.1, 0.15) is 5.56 Å². The molecule has 0 radical (unpaired) electrons. The van der Waals surface area contributed by atoms with Crippen molar-refractivity contribution in [2.45, 2.75) is 5.41 Å². The highest BCUT2D eigenvalue weighted by Crippen LogP contribution is 2.25. The number of carbonyl (C=O) groups is 2. The van der Waals surface area contributed by atoms with Crippen LogP contribution in [0.2, 0.25) is 0 Å². The summed E-state index contributed by atoms with van der Waals surface area (Å²) in [6, 6.07) is 8.10. The molecule has 0 saturated carbocycles. The minimum absolute atomic E-state index is 0.296. The summed E-state index contributed by atoms with van der Waals surface area (Å²) in [5.74, 6) is 2.91. The van der Waals surface area contributed by atoms with Crippen LogP contribution in [0.3, 0.4) is 0 Å². The number of carboxylic acids is 1. The van der Waals surface area contributed by atoms with E-state index in [1.807, 2.05) is 5.43 Å². The minimum Gasteiger partial charge on any atom is -0.480 e. The van der Waals surface area contributed by atoms with Crippen LogP contribution in [0.15, 0.2) is 30.3 Å². The first-order chi connectivity index (χ1) is 8.09. The average Bonchev–Trinajstić information content (AvgIpc) is 2.35. The summed E-state index contributed by atoms with van der Waals surface area (Å²) in [5.41, 5.74) is 0.359. The number of hydrazine groups is 1. The summed E-state index contributed by atoms with van der Waals surface area (Å²) in [6.45, 7) is -0.296. The lowest BCUT2D eigenvalue weighted by Gasteiger charge is -2.26. The van der Waals surface area contributed by atoms with Crippen molar-refractivity contribution in [2.75, 3.05) is 13.7 Å². The Morgan fingerprint density at radius 2 is 2.00 bits per heavy atom. The molecular formula is C11H14N2O4. The molecule has 0 aromatic heterocycles. The van der Waals surface area contributed by atoms with Gasteiger partial charge in [0.2, 0.25) is 0 Å². The fourth-order valence-corrected chi connectivity index (χ4v) is 1.62. The molecule has 0 saturated heterocycles. The van der Waals surface area contributed by atoms with Crippen molar-refractivity contribution in [2.24, 2.45) is 5.84 Å². The molecule has 0 bridgehead atoms.